The predicted octanol–water partition coefficient (Wildman–Crippen LogP) is 2.59. The minimum Gasteiger partial charge on any atom is -0.467 e. The molecule has 0 unspecified atom stereocenters. The highest BCUT2D eigenvalue weighted by Gasteiger charge is 2.52. The van der Waals surface area contributed by atoms with E-state index < -0.39 is 11.9 Å². The van der Waals surface area contributed by atoms with E-state index in [1.807, 2.05) is 30.3 Å². The first kappa shape index (κ1) is 12.6. The largest absolute Gasteiger partial charge is 0.467 e. The molecule has 2 aliphatic rings. The number of esters is 1. The van der Waals surface area contributed by atoms with Crippen LogP contribution in [-0.4, -0.2) is 25.0 Å². The molecule has 2 fully saturated rings. The summed E-state index contributed by atoms with van der Waals surface area (Å²) in [7, 11) is 1.38. The Morgan fingerprint density at radius 3 is 2.53 bits per heavy atom. The average molecular weight is 262 g/mol. The van der Waals surface area contributed by atoms with Gasteiger partial charge in [-0.1, -0.05) is 30.3 Å². The molecule has 1 spiro atoms. The van der Waals surface area contributed by atoms with E-state index in [4.69, 9.17) is 14.2 Å². The minimum atomic E-state index is -0.662. The lowest BCUT2D eigenvalue weighted by atomic mass is 10.0. The highest BCUT2D eigenvalue weighted by atomic mass is 16.8. The Morgan fingerprint density at radius 2 is 1.89 bits per heavy atom. The fourth-order valence-corrected chi connectivity index (χ4v) is 2.94. The van der Waals surface area contributed by atoms with Crippen LogP contribution in [0.5, 0.6) is 0 Å². The van der Waals surface area contributed by atoms with Gasteiger partial charge in [-0.05, 0) is 18.4 Å². The number of ether oxygens (including phenoxy) is 3. The van der Waals surface area contributed by atoms with Crippen molar-refractivity contribution in [2.75, 3.05) is 7.11 Å². The van der Waals surface area contributed by atoms with E-state index in [9.17, 15) is 4.79 Å². The van der Waals surface area contributed by atoms with Crippen LogP contribution in [0.4, 0.5) is 0 Å². The van der Waals surface area contributed by atoms with Gasteiger partial charge in [0.05, 0.1) is 7.11 Å². The van der Waals surface area contributed by atoms with E-state index in [2.05, 4.69) is 0 Å². The van der Waals surface area contributed by atoms with Gasteiger partial charge in [0.1, 0.15) is 6.10 Å². The lowest BCUT2D eigenvalue weighted by Crippen LogP contribution is -2.30. The second-order valence-corrected chi connectivity index (χ2v) is 5.13. The highest BCUT2D eigenvalue weighted by molar-refractivity contribution is 5.76. The molecule has 1 aliphatic carbocycles. The molecule has 102 valence electrons. The van der Waals surface area contributed by atoms with Gasteiger partial charge in [-0.2, -0.15) is 0 Å². The number of hydrogen-bond donors (Lipinski definition) is 0. The fraction of sp³-hybridized carbons (Fsp3) is 0.533. The van der Waals surface area contributed by atoms with Crippen LogP contribution in [0.1, 0.15) is 37.4 Å². The van der Waals surface area contributed by atoms with E-state index in [-0.39, 0.29) is 12.1 Å². The van der Waals surface area contributed by atoms with Gasteiger partial charge in [0.15, 0.2) is 11.9 Å². The third-order valence-corrected chi connectivity index (χ3v) is 3.89. The van der Waals surface area contributed by atoms with Gasteiger partial charge in [-0.25, -0.2) is 4.79 Å². The van der Waals surface area contributed by atoms with E-state index in [1.54, 1.807) is 0 Å². The third-order valence-electron chi connectivity index (χ3n) is 3.89. The van der Waals surface area contributed by atoms with Crippen molar-refractivity contribution in [2.24, 2.45) is 0 Å². The molecule has 1 aromatic carbocycles. The summed E-state index contributed by atoms with van der Waals surface area (Å²) in [6.07, 6.45) is 2.83. The number of rotatable bonds is 2. The van der Waals surface area contributed by atoms with Crippen molar-refractivity contribution in [3.8, 4) is 0 Å². The molecule has 3 rings (SSSR count). The summed E-state index contributed by atoms with van der Waals surface area (Å²) in [5.41, 5.74) is 0.960. The Kier molecular flexibility index (Phi) is 3.29. The summed E-state index contributed by atoms with van der Waals surface area (Å²) in [6, 6.07) is 9.73. The lowest BCUT2D eigenvalue weighted by molar-refractivity contribution is -0.180. The van der Waals surface area contributed by atoms with Gasteiger partial charge < -0.3 is 14.2 Å². The van der Waals surface area contributed by atoms with Gasteiger partial charge in [-0.3, -0.25) is 0 Å². The van der Waals surface area contributed by atoms with E-state index in [1.165, 1.54) is 7.11 Å². The van der Waals surface area contributed by atoms with E-state index >= 15 is 0 Å². The molecule has 0 amide bonds. The van der Waals surface area contributed by atoms with Gasteiger partial charge in [0, 0.05) is 12.8 Å². The van der Waals surface area contributed by atoms with Crippen LogP contribution in [0.2, 0.25) is 0 Å². The molecule has 1 aliphatic heterocycles. The molecule has 0 radical (unpaired) electrons. The smallest absolute Gasteiger partial charge is 0.338 e. The molecule has 19 heavy (non-hydrogen) atoms. The molecule has 1 aromatic rings. The third kappa shape index (κ3) is 2.26. The molecular formula is C15H18O4. The first-order valence-electron chi connectivity index (χ1n) is 6.72. The molecule has 1 saturated carbocycles. The molecule has 1 saturated heterocycles. The maximum absolute atomic E-state index is 11.9. The monoisotopic (exact) mass is 262 g/mol. The zero-order valence-electron chi connectivity index (χ0n) is 11.0. The SMILES string of the molecule is COC(=O)[C@H]1OC2(CCCC2)O[C@@H]1c1ccccc1. The van der Waals surface area contributed by atoms with Crippen molar-refractivity contribution >= 4 is 5.97 Å². The van der Waals surface area contributed by atoms with Crippen molar-refractivity contribution in [1.29, 1.82) is 0 Å². The number of hydrogen-bond acceptors (Lipinski definition) is 4. The van der Waals surface area contributed by atoms with Crippen molar-refractivity contribution in [3.05, 3.63) is 35.9 Å². The van der Waals surface area contributed by atoms with Crippen molar-refractivity contribution < 1.29 is 19.0 Å². The Morgan fingerprint density at radius 1 is 1.21 bits per heavy atom. The van der Waals surface area contributed by atoms with Gasteiger partial charge in [0.25, 0.3) is 0 Å². The Bertz CT molecular complexity index is 450. The second-order valence-electron chi connectivity index (χ2n) is 5.13. The fourth-order valence-electron chi connectivity index (χ4n) is 2.94. The first-order valence-corrected chi connectivity index (χ1v) is 6.72. The van der Waals surface area contributed by atoms with Crippen LogP contribution in [-0.2, 0) is 19.0 Å². The second kappa shape index (κ2) is 4.94. The maximum Gasteiger partial charge on any atom is 0.338 e. The number of carbonyl (C=O) groups excluding carboxylic acids is 1. The summed E-state index contributed by atoms with van der Waals surface area (Å²) >= 11 is 0. The van der Waals surface area contributed by atoms with Crippen LogP contribution in [0.15, 0.2) is 30.3 Å². The maximum atomic E-state index is 11.9. The van der Waals surface area contributed by atoms with Crippen LogP contribution < -0.4 is 0 Å². The molecular weight excluding hydrogens is 244 g/mol. The van der Waals surface area contributed by atoms with Crippen molar-refractivity contribution in [2.45, 2.75) is 43.7 Å². The Labute approximate surface area is 112 Å². The predicted molar refractivity (Wildman–Crippen MR) is 68.4 cm³/mol. The zero-order chi connectivity index (χ0) is 13.3. The first-order chi connectivity index (χ1) is 9.24. The van der Waals surface area contributed by atoms with Gasteiger partial charge >= 0.3 is 5.97 Å². The Hall–Kier alpha value is -1.39. The molecule has 0 aromatic heterocycles. The van der Waals surface area contributed by atoms with Crippen LogP contribution in [0, 0.1) is 0 Å². The molecule has 0 N–H and O–H groups in total. The van der Waals surface area contributed by atoms with Gasteiger partial charge in [0.2, 0.25) is 0 Å². The van der Waals surface area contributed by atoms with E-state index in [0.717, 1.165) is 31.2 Å². The summed E-state index contributed by atoms with van der Waals surface area (Å²) in [5.74, 6) is -0.947. The zero-order valence-corrected chi connectivity index (χ0v) is 11.0. The molecule has 0 bridgehead atoms. The summed E-state index contributed by atoms with van der Waals surface area (Å²) in [6.45, 7) is 0. The summed E-state index contributed by atoms with van der Waals surface area (Å²) < 4.78 is 16.9. The van der Waals surface area contributed by atoms with Crippen LogP contribution in [0.25, 0.3) is 0 Å². The number of methoxy groups -OCH3 is 1. The Balaban J connectivity index is 1.89. The number of carbonyl (C=O) groups is 1. The normalized spacial score (nSPS) is 28.7. The lowest BCUT2D eigenvalue weighted by Gasteiger charge is -2.21. The highest BCUT2D eigenvalue weighted by Crippen LogP contribution is 2.47. The molecule has 1 heterocycles. The average Bonchev–Trinajstić information content (AvgIpc) is 3.07. The summed E-state index contributed by atoms with van der Waals surface area (Å²) in [5, 5.41) is 0. The molecule has 2 atom stereocenters. The van der Waals surface area contributed by atoms with Crippen molar-refractivity contribution in [3.63, 3.8) is 0 Å². The number of benzene rings is 1. The van der Waals surface area contributed by atoms with Crippen LogP contribution >= 0.6 is 0 Å². The van der Waals surface area contributed by atoms with Gasteiger partial charge in [-0.15, -0.1) is 0 Å². The molecule has 4 nitrogen and oxygen atoms in total. The van der Waals surface area contributed by atoms with Crippen LogP contribution in [0.3, 0.4) is 0 Å². The molecule has 4 heteroatoms. The minimum absolute atomic E-state index is 0.363. The van der Waals surface area contributed by atoms with Crippen molar-refractivity contribution in [1.82, 2.24) is 0 Å². The summed E-state index contributed by atoms with van der Waals surface area (Å²) in [4.78, 5) is 11.9. The van der Waals surface area contributed by atoms with E-state index in [0.29, 0.717) is 0 Å². The topological polar surface area (TPSA) is 44.8 Å². The standard InChI is InChI=1S/C15H18O4/c1-17-14(16)13-12(11-7-3-2-4-8-11)18-15(19-13)9-5-6-10-15/h2-4,7-8,12-13H,5-6,9-10H2,1H3/t12-,13+/m1/s1. The quantitative estimate of drug-likeness (QED) is 0.768.